The van der Waals surface area contributed by atoms with E-state index < -0.39 is 0 Å². The second-order valence-corrected chi connectivity index (χ2v) is 7.01. The van der Waals surface area contributed by atoms with E-state index in [4.69, 9.17) is 4.42 Å². The van der Waals surface area contributed by atoms with Gasteiger partial charge in [0, 0.05) is 51.2 Å². The molecule has 2 amide bonds. The molecule has 2 aliphatic rings. The largest absolute Gasteiger partial charge is 0.459 e. The normalized spacial score (nSPS) is 17.9. The van der Waals surface area contributed by atoms with Crippen molar-refractivity contribution in [1.82, 2.24) is 14.8 Å². The van der Waals surface area contributed by atoms with Gasteiger partial charge in [-0.05, 0) is 43.5 Å². The molecule has 7 nitrogen and oxygen atoms in total. The van der Waals surface area contributed by atoms with E-state index in [0.29, 0.717) is 37.6 Å². The predicted molar refractivity (Wildman–Crippen MR) is 101 cm³/mol. The van der Waals surface area contributed by atoms with Crippen molar-refractivity contribution in [2.45, 2.75) is 19.3 Å². The third-order valence-electron chi connectivity index (χ3n) is 5.27. The number of nitrogens with zero attached hydrogens (tertiary/aromatic N) is 4. The molecule has 7 heteroatoms. The lowest BCUT2D eigenvalue weighted by Gasteiger charge is -2.34. The molecule has 0 aliphatic carbocycles. The molecule has 2 fully saturated rings. The van der Waals surface area contributed by atoms with Gasteiger partial charge in [-0.3, -0.25) is 14.6 Å². The fourth-order valence-corrected chi connectivity index (χ4v) is 3.72. The van der Waals surface area contributed by atoms with E-state index in [1.54, 1.807) is 28.1 Å². The minimum absolute atomic E-state index is 0.0704. The average molecular weight is 368 g/mol. The van der Waals surface area contributed by atoms with Crippen LogP contribution in [0.15, 0.2) is 41.1 Å². The number of pyridine rings is 1. The molecule has 4 rings (SSSR count). The first-order valence-electron chi connectivity index (χ1n) is 9.55. The van der Waals surface area contributed by atoms with Gasteiger partial charge in [0.1, 0.15) is 5.69 Å². The number of furan rings is 1. The first-order valence-corrected chi connectivity index (χ1v) is 9.55. The first kappa shape index (κ1) is 17.6. The Morgan fingerprint density at radius 1 is 0.889 bits per heavy atom. The molecule has 2 saturated heterocycles. The van der Waals surface area contributed by atoms with Crippen LogP contribution in [0.1, 0.15) is 40.3 Å². The van der Waals surface area contributed by atoms with Crippen LogP contribution in [0, 0.1) is 0 Å². The molecular formula is C20H24N4O3. The second kappa shape index (κ2) is 7.82. The molecule has 142 valence electrons. The summed E-state index contributed by atoms with van der Waals surface area (Å²) in [4.78, 5) is 35.3. The summed E-state index contributed by atoms with van der Waals surface area (Å²) >= 11 is 0. The monoisotopic (exact) mass is 368 g/mol. The van der Waals surface area contributed by atoms with Crippen molar-refractivity contribution in [1.29, 1.82) is 0 Å². The van der Waals surface area contributed by atoms with Crippen LogP contribution in [-0.4, -0.2) is 65.9 Å². The zero-order chi connectivity index (χ0) is 18.6. The van der Waals surface area contributed by atoms with E-state index in [1.165, 1.54) is 25.5 Å². The molecule has 27 heavy (non-hydrogen) atoms. The maximum atomic E-state index is 12.9. The molecule has 0 radical (unpaired) electrons. The maximum Gasteiger partial charge on any atom is 0.289 e. The number of piperazine rings is 1. The van der Waals surface area contributed by atoms with Gasteiger partial charge in [0.25, 0.3) is 11.8 Å². The van der Waals surface area contributed by atoms with Gasteiger partial charge in [0.05, 0.1) is 6.26 Å². The molecule has 0 bridgehead atoms. The van der Waals surface area contributed by atoms with Crippen molar-refractivity contribution in [3.8, 4) is 0 Å². The summed E-state index contributed by atoms with van der Waals surface area (Å²) < 4.78 is 5.18. The molecular weight excluding hydrogens is 344 g/mol. The van der Waals surface area contributed by atoms with Crippen LogP contribution in [0.2, 0.25) is 0 Å². The standard InChI is InChI=1S/C20H24N4O3/c25-19(17-15-16(6-7-21-17)22-8-2-1-3-9-22)23-10-12-24(13-11-23)20(26)18-5-4-14-27-18/h4-7,14-15H,1-3,8-13H2. The Kier molecular flexibility index (Phi) is 5.09. The van der Waals surface area contributed by atoms with Gasteiger partial charge in [-0.2, -0.15) is 0 Å². The van der Waals surface area contributed by atoms with E-state index in [0.717, 1.165) is 18.8 Å². The molecule has 2 aromatic heterocycles. The highest BCUT2D eigenvalue weighted by atomic mass is 16.3. The number of carbonyl (C=O) groups is 2. The van der Waals surface area contributed by atoms with Crippen molar-refractivity contribution in [3.05, 3.63) is 48.2 Å². The fraction of sp³-hybridized carbons (Fsp3) is 0.450. The summed E-state index contributed by atoms with van der Waals surface area (Å²) in [5.41, 5.74) is 1.54. The van der Waals surface area contributed by atoms with Gasteiger partial charge in [0.15, 0.2) is 5.76 Å². The maximum absolute atomic E-state index is 12.9. The number of anilines is 1. The van der Waals surface area contributed by atoms with Gasteiger partial charge in [0.2, 0.25) is 0 Å². The van der Waals surface area contributed by atoms with Gasteiger partial charge in [-0.1, -0.05) is 0 Å². The summed E-state index contributed by atoms with van der Waals surface area (Å²) in [6.45, 7) is 4.06. The smallest absolute Gasteiger partial charge is 0.289 e. The van der Waals surface area contributed by atoms with Crippen LogP contribution < -0.4 is 4.90 Å². The van der Waals surface area contributed by atoms with Crippen LogP contribution in [0.5, 0.6) is 0 Å². The van der Waals surface area contributed by atoms with Crippen LogP contribution in [0.3, 0.4) is 0 Å². The topological polar surface area (TPSA) is 69.9 Å². The predicted octanol–water partition coefficient (Wildman–Crippen LogP) is 2.26. The summed E-state index contributed by atoms with van der Waals surface area (Å²) in [5, 5.41) is 0. The number of piperidine rings is 1. The minimum Gasteiger partial charge on any atom is -0.459 e. The molecule has 2 aliphatic heterocycles. The first-order chi connectivity index (χ1) is 13.2. The van der Waals surface area contributed by atoms with Crippen LogP contribution >= 0.6 is 0 Å². The third-order valence-corrected chi connectivity index (χ3v) is 5.27. The lowest BCUT2D eigenvalue weighted by Crippen LogP contribution is -2.50. The Labute approximate surface area is 158 Å². The highest BCUT2D eigenvalue weighted by Gasteiger charge is 2.27. The quantitative estimate of drug-likeness (QED) is 0.831. The van der Waals surface area contributed by atoms with Crippen LogP contribution in [-0.2, 0) is 0 Å². The molecule has 0 spiro atoms. The number of hydrogen-bond donors (Lipinski definition) is 0. The second-order valence-electron chi connectivity index (χ2n) is 7.01. The number of hydrogen-bond acceptors (Lipinski definition) is 5. The lowest BCUT2D eigenvalue weighted by molar-refractivity contribution is 0.0515. The summed E-state index contributed by atoms with van der Waals surface area (Å²) in [6, 6.07) is 7.24. The highest BCUT2D eigenvalue weighted by Crippen LogP contribution is 2.21. The van der Waals surface area contributed by atoms with Gasteiger partial charge in [-0.15, -0.1) is 0 Å². The minimum atomic E-state index is -0.127. The Balaban J connectivity index is 1.38. The summed E-state index contributed by atoms with van der Waals surface area (Å²) in [6.07, 6.45) is 6.87. The molecule has 0 N–H and O–H groups in total. The van der Waals surface area contributed by atoms with Crippen molar-refractivity contribution < 1.29 is 14.0 Å². The van der Waals surface area contributed by atoms with E-state index in [-0.39, 0.29) is 11.8 Å². The average Bonchev–Trinajstić information content (AvgIpc) is 3.28. The van der Waals surface area contributed by atoms with Crippen molar-refractivity contribution >= 4 is 17.5 Å². The molecule has 2 aromatic rings. The molecule has 0 aromatic carbocycles. The van der Waals surface area contributed by atoms with Crippen molar-refractivity contribution in [2.75, 3.05) is 44.2 Å². The zero-order valence-electron chi connectivity index (χ0n) is 15.3. The Morgan fingerprint density at radius 2 is 1.59 bits per heavy atom. The third kappa shape index (κ3) is 3.82. The van der Waals surface area contributed by atoms with E-state index >= 15 is 0 Å². The zero-order valence-corrected chi connectivity index (χ0v) is 15.3. The lowest BCUT2D eigenvalue weighted by atomic mass is 10.1. The van der Waals surface area contributed by atoms with Gasteiger partial charge in [-0.25, -0.2) is 0 Å². The van der Waals surface area contributed by atoms with Crippen molar-refractivity contribution in [3.63, 3.8) is 0 Å². The van der Waals surface area contributed by atoms with E-state index in [1.807, 2.05) is 12.1 Å². The number of aromatic nitrogens is 1. The number of amides is 2. The molecule has 0 saturated carbocycles. The van der Waals surface area contributed by atoms with Crippen molar-refractivity contribution in [2.24, 2.45) is 0 Å². The highest BCUT2D eigenvalue weighted by molar-refractivity contribution is 5.94. The SMILES string of the molecule is O=C(c1cc(N2CCCCC2)ccn1)N1CCN(C(=O)c2ccco2)CC1. The number of rotatable bonds is 3. The summed E-state index contributed by atoms with van der Waals surface area (Å²) in [7, 11) is 0. The fourth-order valence-electron chi connectivity index (χ4n) is 3.72. The van der Waals surface area contributed by atoms with Gasteiger partial charge >= 0.3 is 0 Å². The molecule has 0 unspecified atom stereocenters. The van der Waals surface area contributed by atoms with Gasteiger partial charge < -0.3 is 19.1 Å². The van der Waals surface area contributed by atoms with E-state index in [9.17, 15) is 9.59 Å². The molecule has 4 heterocycles. The molecule has 0 atom stereocenters. The van der Waals surface area contributed by atoms with Crippen LogP contribution in [0.4, 0.5) is 5.69 Å². The Morgan fingerprint density at radius 3 is 2.26 bits per heavy atom. The van der Waals surface area contributed by atoms with Crippen LogP contribution in [0.25, 0.3) is 0 Å². The van der Waals surface area contributed by atoms with E-state index in [2.05, 4.69) is 9.88 Å². The Hall–Kier alpha value is -2.83. The number of carbonyl (C=O) groups excluding carboxylic acids is 2. The summed E-state index contributed by atoms with van der Waals surface area (Å²) in [5.74, 6) is 0.141. The Bertz CT molecular complexity index is 791.